The molecule has 0 saturated heterocycles. The number of rotatable bonds is 16. The van der Waals surface area contributed by atoms with Crippen LogP contribution in [0.15, 0.2) is 0 Å². The Kier molecular flexibility index (Phi) is 19.3. The molecule has 0 aromatic heterocycles. The second kappa shape index (κ2) is 18.2. The predicted molar refractivity (Wildman–Crippen MR) is 92.7 cm³/mol. The van der Waals surface area contributed by atoms with Gasteiger partial charge in [0.25, 0.3) is 0 Å². The summed E-state index contributed by atoms with van der Waals surface area (Å²) in [5, 5.41) is 0. The van der Waals surface area contributed by atoms with Crippen LogP contribution < -0.4 is 0 Å². The van der Waals surface area contributed by atoms with Crippen LogP contribution in [-0.4, -0.2) is 38.2 Å². The molecule has 0 saturated carbocycles. The normalized spacial score (nSPS) is 12.3. The van der Waals surface area contributed by atoms with Gasteiger partial charge in [0.2, 0.25) is 0 Å². The third-order valence-corrected chi connectivity index (χ3v) is 7.81. The van der Waals surface area contributed by atoms with Crippen LogP contribution in [0.2, 0.25) is 4.05 Å². The summed E-state index contributed by atoms with van der Waals surface area (Å²) in [7, 11) is 0. The summed E-state index contributed by atoms with van der Waals surface area (Å²) in [5.74, 6) is 0. The van der Waals surface area contributed by atoms with Crippen LogP contribution in [0, 0.1) is 0 Å². The molecule has 0 radical (unpaired) electrons. The zero-order valence-corrected chi connectivity index (χ0v) is 16.7. The van der Waals surface area contributed by atoms with Gasteiger partial charge in [-0.25, -0.2) is 0 Å². The molecule has 0 rings (SSSR count). The summed E-state index contributed by atoms with van der Waals surface area (Å²) in [5.41, 5.74) is 0. The van der Waals surface area contributed by atoms with Gasteiger partial charge in [0.1, 0.15) is 6.79 Å². The third-order valence-electron chi connectivity index (χ3n) is 3.56. The minimum absolute atomic E-state index is 0.000816. The summed E-state index contributed by atoms with van der Waals surface area (Å²) in [4.78, 5) is 0. The summed E-state index contributed by atoms with van der Waals surface area (Å²) in [6, 6.07) is 0. The Morgan fingerprint density at radius 1 is 0.850 bits per heavy atom. The molecule has 0 bridgehead atoms. The maximum Gasteiger partial charge on any atom is 0.471 e. The molecule has 1 unspecified atom stereocenters. The van der Waals surface area contributed by atoms with E-state index < -0.39 is 0 Å². The van der Waals surface area contributed by atoms with Gasteiger partial charge in [-0.05, 0) is 12.8 Å². The molecule has 0 fully saturated rings. The van der Waals surface area contributed by atoms with Crippen molar-refractivity contribution in [3.63, 3.8) is 0 Å². The van der Waals surface area contributed by atoms with Crippen molar-refractivity contribution >= 4 is 31.1 Å². The van der Waals surface area contributed by atoms with Crippen molar-refractivity contribution in [1.29, 1.82) is 0 Å². The van der Waals surface area contributed by atoms with Crippen molar-refractivity contribution in [1.82, 2.24) is 0 Å². The van der Waals surface area contributed by atoms with E-state index in [2.05, 4.69) is 26.7 Å². The molecule has 20 heavy (non-hydrogen) atoms. The Balaban J connectivity index is 2.96. The highest BCUT2D eigenvalue weighted by atomic mass is 79.9. The predicted octanol–water partition coefficient (Wildman–Crippen LogP) is 5.72. The van der Waals surface area contributed by atoms with Crippen LogP contribution in [0.5, 0.6) is 0 Å². The minimum Gasteiger partial charge on any atom is -0.355 e. The van der Waals surface area contributed by atoms with E-state index in [9.17, 15) is 0 Å². The van der Waals surface area contributed by atoms with Crippen molar-refractivity contribution < 1.29 is 9.47 Å². The fourth-order valence-electron chi connectivity index (χ4n) is 2.13. The fourth-order valence-corrected chi connectivity index (χ4v) is 3.54. The molecule has 0 amide bonds. The first-order valence-corrected chi connectivity index (χ1v) is 13.2. The van der Waals surface area contributed by atoms with E-state index in [4.69, 9.17) is 9.47 Å². The van der Waals surface area contributed by atoms with Crippen LogP contribution in [0.25, 0.3) is 0 Å². The van der Waals surface area contributed by atoms with Crippen LogP contribution in [-0.2, 0) is 9.47 Å². The molecular weight excluding hydrogens is 328 g/mol. The average Bonchev–Trinajstić information content (AvgIpc) is 2.47. The molecule has 0 aliphatic carbocycles. The quantitative estimate of drug-likeness (QED) is 0.199. The minimum atomic E-state index is 0.000816. The lowest BCUT2D eigenvalue weighted by molar-refractivity contribution is -0.0555. The summed E-state index contributed by atoms with van der Waals surface area (Å²) in [6.45, 7) is 6.78. The van der Waals surface area contributed by atoms with E-state index in [1.807, 2.05) is 0 Å². The molecule has 0 aliphatic heterocycles. The molecule has 0 aliphatic rings. The molecule has 4 heteroatoms. The smallest absolute Gasteiger partial charge is 0.355 e. The Hall–Kier alpha value is 1.17. The van der Waals surface area contributed by atoms with Crippen molar-refractivity contribution in [2.75, 3.05) is 20.0 Å². The molecule has 118 valence electrons. The molecule has 0 heterocycles. The van der Waals surface area contributed by atoms with Crippen molar-refractivity contribution in [2.45, 2.75) is 82.1 Å². The van der Waals surface area contributed by atoms with Gasteiger partial charge in [0, 0.05) is 13.2 Å². The lowest BCUT2D eigenvalue weighted by Crippen LogP contribution is -2.04. The first kappa shape index (κ1) is 21.2. The van der Waals surface area contributed by atoms with Crippen molar-refractivity contribution in [3.05, 3.63) is 0 Å². The number of halogens is 1. The lowest BCUT2D eigenvalue weighted by Gasteiger charge is -2.08. The molecular formula is C16H33BrMgO2. The van der Waals surface area contributed by atoms with E-state index in [-0.39, 0.29) is 18.2 Å². The van der Waals surface area contributed by atoms with Gasteiger partial charge in [-0.15, -0.1) is 4.05 Å². The third kappa shape index (κ3) is 17.2. The number of hydrogen-bond donors (Lipinski definition) is 0. The van der Waals surface area contributed by atoms with Gasteiger partial charge in [-0.2, -0.15) is 0 Å². The molecule has 0 aromatic rings. The second-order valence-corrected chi connectivity index (χ2v) is 9.46. The summed E-state index contributed by atoms with van der Waals surface area (Å²) in [6.07, 6.45) is 13.3. The van der Waals surface area contributed by atoms with Gasteiger partial charge < -0.3 is 22.4 Å². The maximum absolute atomic E-state index is 5.49. The number of unbranched alkanes of at least 4 members (excludes halogenated alkanes) is 7. The highest BCUT2D eigenvalue weighted by Gasteiger charge is 2.02. The molecule has 0 N–H and O–H groups in total. The molecule has 0 aromatic carbocycles. The van der Waals surface area contributed by atoms with Gasteiger partial charge in [0.15, 0.2) is 0 Å². The Bertz CT molecular complexity index is 182. The molecule has 0 spiro atoms. The van der Waals surface area contributed by atoms with E-state index in [0.29, 0.717) is 6.79 Å². The highest BCUT2D eigenvalue weighted by Crippen LogP contribution is 2.12. The fraction of sp³-hybridized carbons (Fsp3) is 1.00. The van der Waals surface area contributed by atoms with Crippen molar-refractivity contribution in [3.8, 4) is 0 Å². The van der Waals surface area contributed by atoms with Crippen LogP contribution in [0.3, 0.4) is 0 Å². The SMILES string of the molecule is CCCCCCCCCCOCOCCC[CH](C)[Mg][Br]. The molecule has 2 nitrogen and oxygen atoms in total. The summed E-state index contributed by atoms with van der Waals surface area (Å²) >= 11 is 3.63. The Morgan fingerprint density at radius 2 is 1.40 bits per heavy atom. The zero-order valence-electron chi connectivity index (χ0n) is 13.7. The van der Waals surface area contributed by atoms with Crippen LogP contribution >= 0.6 is 12.9 Å². The monoisotopic (exact) mass is 360 g/mol. The van der Waals surface area contributed by atoms with Gasteiger partial charge in [-0.1, -0.05) is 65.2 Å². The van der Waals surface area contributed by atoms with E-state index in [1.54, 1.807) is 0 Å². The first-order chi connectivity index (χ1) is 9.81. The first-order valence-electron chi connectivity index (χ1n) is 8.52. The summed E-state index contributed by atoms with van der Waals surface area (Å²) < 4.78 is 11.9. The zero-order chi connectivity index (χ0) is 14.9. The van der Waals surface area contributed by atoms with E-state index in [1.165, 1.54) is 64.2 Å². The van der Waals surface area contributed by atoms with Gasteiger partial charge in [-0.3, -0.25) is 0 Å². The largest absolute Gasteiger partial charge is 0.471 e. The van der Waals surface area contributed by atoms with Crippen LogP contribution in [0.1, 0.15) is 78.1 Å². The highest BCUT2D eigenvalue weighted by molar-refractivity contribution is 9.23. The number of hydrogen-bond acceptors (Lipinski definition) is 2. The Labute approximate surface area is 142 Å². The standard InChI is InChI=1S/C16H33O2.BrH.Mg/c1-3-5-7-8-9-10-11-13-15-18-16-17-14-12-6-4-2;;/h4H,3,5-16H2,1-2H3;1H;/q;;+1/p-1. The average molecular weight is 362 g/mol. The maximum atomic E-state index is 5.49. The van der Waals surface area contributed by atoms with Crippen LogP contribution in [0.4, 0.5) is 0 Å². The lowest BCUT2D eigenvalue weighted by atomic mass is 10.1. The van der Waals surface area contributed by atoms with Gasteiger partial charge >= 0.3 is 18.2 Å². The topological polar surface area (TPSA) is 18.5 Å². The van der Waals surface area contributed by atoms with Gasteiger partial charge in [0.05, 0.1) is 0 Å². The van der Waals surface area contributed by atoms with E-state index >= 15 is 0 Å². The Morgan fingerprint density at radius 3 is 2.00 bits per heavy atom. The van der Waals surface area contributed by atoms with Crippen molar-refractivity contribution in [2.24, 2.45) is 0 Å². The van der Waals surface area contributed by atoms with E-state index in [0.717, 1.165) is 17.3 Å². The second-order valence-electron chi connectivity index (χ2n) is 5.81. The number of ether oxygens (including phenoxy) is 2. The molecule has 1 atom stereocenters.